The maximum absolute atomic E-state index is 12.8. The molecule has 1 saturated heterocycles. The van der Waals surface area contributed by atoms with Gasteiger partial charge in [-0.15, -0.1) is 12.4 Å². The van der Waals surface area contributed by atoms with Gasteiger partial charge in [-0.1, -0.05) is 50.1 Å². The highest BCUT2D eigenvalue weighted by Gasteiger charge is 2.35. The van der Waals surface area contributed by atoms with Crippen molar-refractivity contribution >= 4 is 18.3 Å². The van der Waals surface area contributed by atoms with Gasteiger partial charge in [0, 0.05) is 32.1 Å². The van der Waals surface area contributed by atoms with Gasteiger partial charge in [-0.25, -0.2) is 0 Å². The first-order chi connectivity index (χ1) is 12.1. The summed E-state index contributed by atoms with van der Waals surface area (Å²) in [4.78, 5) is 17.2. The zero-order valence-electron chi connectivity index (χ0n) is 16.1. The monoisotopic (exact) mass is 379 g/mol. The predicted molar refractivity (Wildman–Crippen MR) is 110 cm³/mol. The SMILES string of the molecule is CC1CCCCC1N(C)C(=O)CN1C[C@@H](CN)[C@H](c2ccccc2)C1.Cl. The first-order valence-corrected chi connectivity index (χ1v) is 9.83. The zero-order chi connectivity index (χ0) is 17.8. The summed E-state index contributed by atoms with van der Waals surface area (Å²) in [6.45, 7) is 5.36. The number of carbonyl (C=O) groups is 1. The Kier molecular flexibility index (Phi) is 7.93. The zero-order valence-corrected chi connectivity index (χ0v) is 17.0. The summed E-state index contributed by atoms with van der Waals surface area (Å²) in [5.41, 5.74) is 7.38. The Morgan fingerprint density at radius 1 is 1.19 bits per heavy atom. The lowest BCUT2D eigenvalue weighted by atomic mass is 9.85. The van der Waals surface area contributed by atoms with E-state index in [0.29, 0.717) is 36.9 Å². The number of nitrogens with zero attached hydrogens (tertiary/aromatic N) is 2. The van der Waals surface area contributed by atoms with Gasteiger partial charge in [0.15, 0.2) is 0 Å². The van der Waals surface area contributed by atoms with Crippen LogP contribution in [0.4, 0.5) is 0 Å². The standard InChI is InChI=1S/C21H33N3O.ClH/c1-16-8-6-7-11-20(16)23(2)21(25)15-24-13-18(12-22)19(14-24)17-9-4-3-5-10-17;/h3-5,9-10,16,18-20H,6-8,11-15,22H2,1-2H3;1H/t16?,18-,19+,20?;/m1./s1. The largest absolute Gasteiger partial charge is 0.341 e. The molecule has 1 aromatic carbocycles. The van der Waals surface area contributed by atoms with Crippen molar-refractivity contribution in [2.24, 2.45) is 17.6 Å². The molecule has 2 aliphatic rings. The van der Waals surface area contributed by atoms with Gasteiger partial charge in [0.1, 0.15) is 0 Å². The van der Waals surface area contributed by atoms with Crippen molar-refractivity contribution in [3.63, 3.8) is 0 Å². The maximum Gasteiger partial charge on any atom is 0.236 e. The maximum atomic E-state index is 12.8. The van der Waals surface area contributed by atoms with Gasteiger partial charge in [-0.3, -0.25) is 9.69 Å². The Labute approximate surface area is 164 Å². The fourth-order valence-electron chi connectivity index (χ4n) is 4.77. The molecule has 1 aromatic rings. The second-order valence-corrected chi connectivity index (χ2v) is 8.04. The van der Waals surface area contributed by atoms with Crippen LogP contribution in [0.15, 0.2) is 30.3 Å². The van der Waals surface area contributed by atoms with E-state index in [1.54, 1.807) is 0 Å². The highest BCUT2D eigenvalue weighted by molar-refractivity contribution is 5.85. The van der Waals surface area contributed by atoms with Crippen LogP contribution in [-0.4, -0.2) is 55.0 Å². The molecule has 2 fully saturated rings. The summed E-state index contributed by atoms with van der Waals surface area (Å²) in [5.74, 6) is 1.77. The molecular formula is C21H34ClN3O. The van der Waals surface area contributed by atoms with Crippen LogP contribution >= 0.6 is 12.4 Å². The molecule has 1 aliphatic heterocycles. The molecule has 1 amide bonds. The number of likely N-dealkylation sites (N-methyl/N-ethyl adjacent to an activating group) is 1. The summed E-state index contributed by atoms with van der Waals surface area (Å²) in [7, 11) is 2.00. The molecule has 0 radical (unpaired) electrons. The van der Waals surface area contributed by atoms with Gasteiger partial charge in [-0.05, 0) is 36.8 Å². The highest BCUT2D eigenvalue weighted by Crippen LogP contribution is 2.32. The molecule has 2 unspecified atom stereocenters. The van der Waals surface area contributed by atoms with Crippen LogP contribution in [0.2, 0.25) is 0 Å². The van der Waals surface area contributed by atoms with Crippen molar-refractivity contribution < 1.29 is 4.79 Å². The van der Waals surface area contributed by atoms with Crippen molar-refractivity contribution in [1.82, 2.24) is 9.80 Å². The lowest BCUT2D eigenvalue weighted by Crippen LogP contribution is -2.46. The normalized spacial score (nSPS) is 29.2. The minimum atomic E-state index is 0. The van der Waals surface area contributed by atoms with E-state index in [0.717, 1.165) is 19.5 Å². The van der Waals surface area contributed by atoms with Crippen LogP contribution in [0, 0.1) is 11.8 Å². The summed E-state index contributed by atoms with van der Waals surface area (Å²) >= 11 is 0. The van der Waals surface area contributed by atoms with Crippen molar-refractivity contribution in [3.8, 4) is 0 Å². The molecule has 26 heavy (non-hydrogen) atoms. The van der Waals surface area contributed by atoms with Gasteiger partial charge in [0.2, 0.25) is 5.91 Å². The van der Waals surface area contributed by atoms with Crippen LogP contribution < -0.4 is 5.73 Å². The van der Waals surface area contributed by atoms with E-state index in [1.165, 1.54) is 24.8 Å². The molecule has 5 heteroatoms. The van der Waals surface area contributed by atoms with Gasteiger partial charge < -0.3 is 10.6 Å². The molecule has 0 aromatic heterocycles. The molecular weight excluding hydrogens is 346 g/mol. The number of nitrogens with two attached hydrogens (primary N) is 1. The number of likely N-dealkylation sites (tertiary alicyclic amines) is 1. The predicted octanol–water partition coefficient (Wildman–Crippen LogP) is 3.12. The van der Waals surface area contributed by atoms with Crippen molar-refractivity contribution in [2.75, 3.05) is 33.2 Å². The van der Waals surface area contributed by atoms with Gasteiger partial charge in [0.25, 0.3) is 0 Å². The summed E-state index contributed by atoms with van der Waals surface area (Å²) < 4.78 is 0. The Bertz CT molecular complexity index is 568. The third-order valence-electron chi connectivity index (χ3n) is 6.36. The minimum absolute atomic E-state index is 0. The van der Waals surface area contributed by atoms with E-state index < -0.39 is 0 Å². The quantitative estimate of drug-likeness (QED) is 0.855. The van der Waals surface area contributed by atoms with E-state index >= 15 is 0 Å². The number of hydrogen-bond acceptors (Lipinski definition) is 3. The molecule has 4 nitrogen and oxygen atoms in total. The van der Waals surface area contributed by atoms with Gasteiger partial charge in [0.05, 0.1) is 6.54 Å². The van der Waals surface area contributed by atoms with Crippen molar-refractivity contribution in [1.29, 1.82) is 0 Å². The van der Waals surface area contributed by atoms with Gasteiger partial charge >= 0.3 is 0 Å². The molecule has 3 rings (SSSR count). The second kappa shape index (κ2) is 9.72. The molecule has 0 bridgehead atoms. The number of amides is 1. The molecule has 2 N–H and O–H groups in total. The Balaban J connectivity index is 0.00000243. The lowest BCUT2D eigenvalue weighted by Gasteiger charge is -2.37. The fourth-order valence-corrected chi connectivity index (χ4v) is 4.77. The number of rotatable bonds is 5. The Morgan fingerprint density at radius 2 is 1.88 bits per heavy atom. The first-order valence-electron chi connectivity index (χ1n) is 9.83. The molecule has 146 valence electrons. The number of hydrogen-bond donors (Lipinski definition) is 1. The van der Waals surface area contributed by atoms with Crippen molar-refractivity contribution in [3.05, 3.63) is 35.9 Å². The molecule has 1 heterocycles. The minimum Gasteiger partial charge on any atom is -0.341 e. The van der Waals surface area contributed by atoms with E-state index in [2.05, 4.69) is 42.2 Å². The fraction of sp³-hybridized carbons (Fsp3) is 0.667. The van der Waals surface area contributed by atoms with E-state index in [-0.39, 0.29) is 18.3 Å². The number of carbonyl (C=O) groups excluding carboxylic acids is 1. The van der Waals surface area contributed by atoms with Crippen LogP contribution in [0.25, 0.3) is 0 Å². The van der Waals surface area contributed by atoms with Crippen LogP contribution in [0.3, 0.4) is 0 Å². The smallest absolute Gasteiger partial charge is 0.236 e. The third-order valence-corrected chi connectivity index (χ3v) is 6.36. The summed E-state index contributed by atoms with van der Waals surface area (Å²) in [6.07, 6.45) is 4.96. The Hall–Kier alpha value is -1.10. The number of benzene rings is 1. The Morgan fingerprint density at radius 3 is 2.54 bits per heavy atom. The van der Waals surface area contributed by atoms with E-state index in [9.17, 15) is 4.79 Å². The average molecular weight is 380 g/mol. The first kappa shape index (κ1) is 21.2. The van der Waals surface area contributed by atoms with Crippen LogP contribution in [0.5, 0.6) is 0 Å². The number of halogens is 1. The second-order valence-electron chi connectivity index (χ2n) is 8.04. The van der Waals surface area contributed by atoms with Gasteiger partial charge in [-0.2, -0.15) is 0 Å². The molecule has 4 atom stereocenters. The average Bonchev–Trinajstić information content (AvgIpc) is 3.05. The topological polar surface area (TPSA) is 49.6 Å². The van der Waals surface area contributed by atoms with E-state index in [4.69, 9.17) is 5.73 Å². The van der Waals surface area contributed by atoms with Crippen LogP contribution in [-0.2, 0) is 4.79 Å². The van der Waals surface area contributed by atoms with Crippen molar-refractivity contribution in [2.45, 2.75) is 44.6 Å². The van der Waals surface area contributed by atoms with Crippen LogP contribution in [0.1, 0.15) is 44.1 Å². The lowest BCUT2D eigenvalue weighted by molar-refractivity contribution is -0.134. The molecule has 1 aliphatic carbocycles. The summed E-state index contributed by atoms with van der Waals surface area (Å²) in [5, 5.41) is 0. The highest BCUT2D eigenvalue weighted by atomic mass is 35.5. The molecule has 1 saturated carbocycles. The molecule has 0 spiro atoms. The third kappa shape index (κ3) is 4.79. The summed E-state index contributed by atoms with van der Waals surface area (Å²) in [6, 6.07) is 11.0. The van der Waals surface area contributed by atoms with E-state index in [1.807, 2.05) is 11.9 Å².